The highest BCUT2D eigenvalue weighted by molar-refractivity contribution is 6.35. The normalized spacial score (nSPS) is 20.1. The summed E-state index contributed by atoms with van der Waals surface area (Å²) < 4.78 is 10.7. The summed E-state index contributed by atoms with van der Waals surface area (Å²) in [6, 6.07) is 6.19. The smallest absolute Gasteiger partial charge is 0.311 e. The average molecular weight is 331 g/mol. The molecule has 2 aliphatic heterocycles. The molecule has 1 saturated heterocycles. The molecule has 0 atom stereocenters. The van der Waals surface area contributed by atoms with Crippen LogP contribution in [0.4, 0.5) is 0 Å². The van der Waals surface area contributed by atoms with Gasteiger partial charge in [-0.15, -0.1) is 0 Å². The van der Waals surface area contributed by atoms with E-state index < -0.39 is 11.8 Å². The molecule has 7 nitrogen and oxygen atoms in total. The summed E-state index contributed by atoms with van der Waals surface area (Å²) in [6.45, 7) is 3.77. The molecule has 7 heteroatoms. The maximum atomic E-state index is 12.1. The highest BCUT2D eigenvalue weighted by Gasteiger charge is 2.30. The van der Waals surface area contributed by atoms with Crippen LogP contribution in [-0.4, -0.2) is 60.6 Å². The largest absolute Gasteiger partial charge is 0.454 e. The molecule has 1 aromatic carbocycles. The van der Waals surface area contributed by atoms with Crippen molar-refractivity contribution in [2.45, 2.75) is 25.4 Å². The zero-order valence-electron chi connectivity index (χ0n) is 13.5. The number of amides is 2. The molecular weight excluding hydrogens is 310 g/mol. The van der Waals surface area contributed by atoms with E-state index in [9.17, 15) is 9.59 Å². The Morgan fingerprint density at radius 3 is 2.58 bits per heavy atom. The number of nitrogens with one attached hydrogen (secondary N) is 1. The number of ether oxygens (including phenoxy) is 2. The standard InChI is InChI=1S/C17H21N3O4/c21-16(18-13-2-3-13)17(22)20-7-5-19(6-8-20)10-12-1-4-14-15(9-12)24-11-23-14/h1,4,9,13H,2-3,5-8,10-11H2,(H,18,21). The summed E-state index contributed by atoms with van der Waals surface area (Å²) in [6.07, 6.45) is 1.98. The Morgan fingerprint density at radius 2 is 1.83 bits per heavy atom. The zero-order chi connectivity index (χ0) is 16.5. The Bertz CT molecular complexity index is 651. The van der Waals surface area contributed by atoms with Crippen LogP contribution in [0.1, 0.15) is 18.4 Å². The molecule has 2 fully saturated rings. The first-order valence-corrected chi connectivity index (χ1v) is 8.40. The quantitative estimate of drug-likeness (QED) is 0.809. The van der Waals surface area contributed by atoms with E-state index in [0.717, 1.165) is 49.5 Å². The molecule has 0 spiro atoms. The van der Waals surface area contributed by atoms with Gasteiger partial charge in [-0.2, -0.15) is 0 Å². The lowest BCUT2D eigenvalue weighted by atomic mass is 10.1. The van der Waals surface area contributed by atoms with Crippen molar-refractivity contribution < 1.29 is 19.1 Å². The van der Waals surface area contributed by atoms with Gasteiger partial charge in [0.15, 0.2) is 11.5 Å². The van der Waals surface area contributed by atoms with Crippen molar-refractivity contribution in [1.82, 2.24) is 15.1 Å². The number of hydrogen-bond acceptors (Lipinski definition) is 5. The van der Waals surface area contributed by atoms with Crippen LogP contribution in [0, 0.1) is 0 Å². The molecule has 0 unspecified atom stereocenters. The van der Waals surface area contributed by atoms with Gasteiger partial charge in [0, 0.05) is 38.8 Å². The number of carbonyl (C=O) groups is 2. The van der Waals surface area contributed by atoms with Gasteiger partial charge in [-0.1, -0.05) is 6.07 Å². The Hall–Kier alpha value is -2.28. The second kappa shape index (κ2) is 6.32. The third kappa shape index (κ3) is 3.31. The molecule has 4 rings (SSSR count). The summed E-state index contributed by atoms with van der Waals surface area (Å²) in [5, 5.41) is 2.76. The number of carbonyl (C=O) groups excluding carboxylic acids is 2. The second-order valence-electron chi connectivity index (χ2n) is 6.50. The summed E-state index contributed by atoms with van der Waals surface area (Å²) in [7, 11) is 0. The Kier molecular flexibility index (Phi) is 4.02. The van der Waals surface area contributed by atoms with Crippen molar-refractivity contribution >= 4 is 11.8 Å². The summed E-state index contributed by atoms with van der Waals surface area (Å²) in [5.74, 6) is 0.722. The van der Waals surface area contributed by atoms with Gasteiger partial charge < -0.3 is 19.7 Å². The van der Waals surface area contributed by atoms with Gasteiger partial charge in [0.25, 0.3) is 0 Å². The van der Waals surface area contributed by atoms with Crippen molar-refractivity contribution in [3.63, 3.8) is 0 Å². The van der Waals surface area contributed by atoms with Crippen LogP contribution in [0.15, 0.2) is 18.2 Å². The monoisotopic (exact) mass is 331 g/mol. The molecule has 1 aliphatic carbocycles. The van der Waals surface area contributed by atoms with E-state index >= 15 is 0 Å². The van der Waals surface area contributed by atoms with Crippen LogP contribution in [-0.2, 0) is 16.1 Å². The van der Waals surface area contributed by atoms with Crippen LogP contribution in [0.5, 0.6) is 11.5 Å². The van der Waals surface area contributed by atoms with Gasteiger partial charge in [-0.05, 0) is 30.5 Å². The van der Waals surface area contributed by atoms with Crippen molar-refractivity contribution in [1.29, 1.82) is 0 Å². The van der Waals surface area contributed by atoms with Crippen LogP contribution in [0.25, 0.3) is 0 Å². The van der Waals surface area contributed by atoms with E-state index in [2.05, 4.69) is 10.2 Å². The first kappa shape index (κ1) is 15.3. The average Bonchev–Trinajstić information content (AvgIpc) is 3.29. The first-order chi connectivity index (χ1) is 11.7. The van der Waals surface area contributed by atoms with Gasteiger partial charge in [-0.3, -0.25) is 14.5 Å². The molecular formula is C17H21N3O4. The Balaban J connectivity index is 1.28. The maximum absolute atomic E-state index is 12.1. The topological polar surface area (TPSA) is 71.1 Å². The summed E-state index contributed by atoms with van der Waals surface area (Å²) in [4.78, 5) is 27.9. The molecule has 1 saturated carbocycles. The van der Waals surface area contributed by atoms with Crippen molar-refractivity contribution in [3.05, 3.63) is 23.8 Å². The number of nitrogens with zero attached hydrogens (tertiary/aromatic N) is 2. The van der Waals surface area contributed by atoms with E-state index in [1.54, 1.807) is 4.90 Å². The molecule has 3 aliphatic rings. The summed E-state index contributed by atoms with van der Waals surface area (Å²) >= 11 is 0. The van der Waals surface area contributed by atoms with Gasteiger partial charge in [0.1, 0.15) is 0 Å². The fraction of sp³-hybridized carbons (Fsp3) is 0.529. The number of rotatable bonds is 3. The predicted octanol–water partition coefficient (Wildman–Crippen LogP) is 0.338. The third-order valence-electron chi connectivity index (χ3n) is 4.61. The molecule has 0 radical (unpaired) electrons. The van der Waals surface area contributed by atoms with Gasteiger partial charge in [0.2, 0.25) is 6.79 Å². The van der Waals surface area contributed by atoms with E-state index in [-0.39, 0.29) is 12.8 Å². The van der Waals surface area contributed by atoms with Crippen molar-refractivity contribution in [3.8, 4) is 11.5 Å². The minimum atomic E-state index is -0.457. The van der Waals surface area contributed by atoms with Crippen LogP contribution in [0.3, 0.4) is 0 Å². The summed E-state index contributed by atoms with van der Waals surface area (Å²) in [5.41, 5.74) is 1.16. The predicted molar refractivity (Wildman–Crippen MR) is 85.6 cm³/mol. The van der Waals surface area contributed by atoms with Gasteiger partial charge >= 0.3 is 11.8 Å². The second-order valence-corrected chi connectivity index (χ2v) is 6.50. The minimum Gasteiger partial charge on any atom is -0.454 e. The zero-order valence-corrected chi connectivity index (χ0v) is 13.5. The van der Waals surface area contributed by atoms with E-state index in [1.165, 1.54) is 0 Å². The van der Waals surface area contributed by atoms with Crippen molar-refractivity contribution in [2.75, 3.05) is 33.0 Å². The molecule has 24 heavy (non-hydrogen) atoms. The lowest BCUT2D eigenvalue weighted by Gasteiger charge is -2.34. The van der Waals surface area contributed by atoms with E-state index in [0.29, 0.717) is 13.1 Å². The first-order valence-electron chi connectivity index (χ1n) is 8.40. The minimum absolute atomic E-state index is 0.216. The number of piperazine rings is 1. The highest BCUT2D eigenvalue weighted by atomic mass is 16.7. The maximum Gasteiger partial charge on any atom is 0.311 e. The lowest BCUT2D eigenvalue weighted by Crippen LogP contribution is -2.52. The highest BCUT2D eigenvalue weighted by Crippen LogP contribution is 2.32. The molecule has 0 aromatic heterocycles. The SMILES string of the molecule is O=C(NC1CC1)C(=O)N1CCN(Cc2ccc3c(c2)OCO3)CC1. The fourth-order valence-corrected chi connectivity index (χ4v) is 3.02. The number of benzene rings is 1. The van der Waals surface area contributed by atoms with Crippen LogP contribution < -0.4 is 14.8 Å². The third-order valence-corrected chi connectivity index (χ3v) is 4.61. The van der Waals surface area contributed by atoms with E-state index in [1.807, 2.05) is 18.2 Å². The number of hydrogen-bond donors (Lipinski definition) is 1. The van der Waals surface area contributed by atoms with Gasteiger partial charge in [0.05, 0.1) is 0 Å². The van der Waals surface area contributed by atoms with Crippen molar-refractivity contribution in [2.24, 2.45) is 0 Å². The molecule has 0 bridgehead atoms. The Morgan fingerprint density at radius 1 is 1.08 bits per heavy atom. The molecule has 2 heterocycles. The molecule has 2 amide bonds. The molecule has 1 N–H and O–H groups in total. The van der Waals surface area contributed by atoms with Crippen LogP contribution in [0.2, 0.25) is 0 Å². The fourth-order valence-electron chi connectivity index (χ4n) is 3.02. The lowest BCUT2D eigenvalue weighted by molar-refractivity contribution is -0.147. The molecule has 128 valence electrons. The molecule has 1 aromatic rings. The van der Waals surface area contributed by atoms with Gasteiger partial charge in [-0.25, -0.2) is 0 Å². The van der Waals surface area contributed by atoms with Crippen LogP contribution >= 0.6 is 0 Å². The Labute approximate surface area is 140 Å². The number of fused-ring (bicyclic) bond motifs is 1. The van der Waals surface area contributed by atoms with E-state index in [4.69, 9.17) is 9.47 Å².